The van der Waals surface area contributed by atoms with Crippen molar-refractivity contribution < 1.29 is 40.8 Å². The zero-order valence-corrected chi connectivity index (χ0v) is 36.4. The molecule has 4 heterocycles. The first-order chi connectivity index (χ1) is 30.5. The van der Waals surface area contributed by atoms with E-state index in [2.05, 4.69) is 43.7 Å². The maximum absolute atomic E-state index is 14.1. The molecule has 0 radical (unpaired) electrons. The second kappa shape index (κ2) is 18.3. The van der Waals surface area contributed by atoms with Crippen molar-refractivity contribution in [3.05, 3.63) is 118 Å². The van der Waals surface area contributed by atoms with Crippen LogP contribution in [0, 0.1) is 21.4 Å². The number of sulfonamides is 1. The summed E-state index contributed by atoms with van der Waals surface area (Å²) in [6.45, 7) is 8.94. The van der Waals surface area contributed by atoms with Gasteiger partial charge in [0.25, 0.3) is 21.6 Å². The largest absolute Gasteiger partial charge is 0.453 e. The molecule has 5 aromatic rings. The Labute approximate surface area is 369 Å². The number of aromatic amines is 1. The minimum Gasteiger partial charge on any atom is -0.453 e. The quantitative estimate of drug-likeness (QED) is 0.0761. The second-order valence-electron chi connectivity index (χ2n) is 17.4. The molecule has 8 rings (SSSR count). The third kappa shape index (κ3) is 10.2. The van der Waals surface area contributed by atoms with Crippen molar-refractivity contribution >= 4 is 49.6 Å². The van der Waals surface area contributed by atoms with Crippen LogP contribution in [0.1, 0.15) is 67.4 Å². The van der Waals surface area contributed by atoms with Crippen LogP contribution in [0.25, 0.3) is 16.6 Å². The highest BCUT2D eigenvalue weighted by molar-refractivity contribution is 7.90. The molecule has 2 saturated heterocycles. The average molecular weight is 902 g/mol. The lowest BCUT2D eigenvalue weighted by molar-refractivity contribution is -0.384. The van der Waals surface area contributed by atoms with E-state index in [0.29, 0.717) is 69.6 Å². The minimum absolute atomic E-state index is 0.000934. The Morgan fingerprint density at radius 3 is 2.50 bits per heavy atom. The Hall–Kier alpha value is -5.98. The molecule has 0 saturated carbocycles. The molecule has 2 fully saturated rings. The number of halogens is 3. The van der Waals surface area contributed by atoms with Crippen molar-refractivity contribution in [3.8, 4) is 11.5 Å². The molecule has 3 aromatic carbocycles. The summed E-state index contributed by atoms with van der Waals surface area (Å²) >= 11 is 0. The smallest absolute Gasteiger partial charge is 0.416 e. The fraction of sp³-hybridized carbons (Fsp3) is 0.391. The number of pyridine rings is 1. The molecular formula is C46H50F3N7O7S. The summed E-state index contributed by atoms with van der Waals surface area (Å²) in [5.74, 6) is -0.353. The zero-order valence-electron chi connectivity index (χ0n) is 35.5. The number of hydrogen-bond donors (Lipinski definition) is 3. The SMILES string of the molecule is CC1(C)CCC(CN2CCN(c3cccc(C(=O)NS(=O)(=O)c4ccc(NCC5CCOCC5)c([N+](=O)[O-])c4)c3Oc3cnc4[nH]ccc4c3)CC2)=C(c2ccc(C(F)(F)F)cc2)C1. The number of rotatable bonds is 13. The van der Waals surface area contributed by atoms with Gasteiger partial charge in [-0.15, -0.1) is 0 Å². The predicted octanol–water partition coefficient (Wildman–Crippen LogP) is 9.03. The molecule has 1 aliphatic carbocycles. The number of nitrogens with one attached hydrogen (secondary N) is 3. The number of H-pyrrole nitrogens is 1. The number of carbonyl (C=O) groups excluding carboxylic acids is 1. The molecule has 338 valence electrons. The summed E-state index contributed by atoms with van der Waals surface area (Å²) in [7, 11) is -4.62. The number of piperazine rings is 1. The lowest BCUT2D eigenvalue weighted by Gasteiger charge is -2.39. The van der Waals surface area contributed by atoms with E-state index in [9.17, 15) is 36.5 Å². The number of fused-ring (bicyclic) bond motifs is 1. The number of nitro benzene ring substituents is 1. The Kier molecular flexibility index (Phi) is 12.7. The number of amides is 1. The average Bonchev–Trinajstić information content (AvgIpc) is 3.75. The third-order valence-electron chi connectivity index (χ3n) is 12.3. The Balaban J connectivity index is 1.03. The third-order valence-corrected chi connectivity index (χ3v) is 13.7. The van der Waals surface area contributed by atoms with Crippen LogP contribution in [0.15, 0.2) is 95.7 Å². The molecule has 3 N–H and O–H groups in total. The summed E-state index contributed by atoms with van der Waals surface area (Å²) in [5.41, 5.74) is 3.20. The standard InChI is InChI=1S/C46H50F3N7O7S/c1-45(2)16-12-33(38(26-45)31-6-8-34(9-7-31)46(47,48)49)29-54-18-20-55(21-19-54)40-5-3-4-37(42(40)63-35-24-32-13-17-50-43(32)52-28-35)44(57)53-64(60,61)36-10-11-39(41(25-36)56(58)59)51-27-30-14-22-62-23-15-30/h3-11,13,17,24-25,28,30,51H,12,14-16,18-23,26-27,29H2,1-2H3,(H,50,52)(H,53,57). The van der Waals surface area contributed by atoms with Crippen molar-refractivity contribution in [2.75, 3.05) is 62.7 Å². The van der Waals surface area contributed by atoms with E-state index in [-0.39, 0.29) is 28.3 Å². The van der Waals surface area contributed by atoms with E-state index in [1.807, 2.05) is 6.07 Å². The summed E-state index contributed by atoms with van der Waals surface area (Å²) in [6.07, 6.45) is 2.94. The fourth-order valence-corrected chi connectivity index (χ4v) is 9.65. The van der Waals surface area contributed by atoms with Gasteiger partial charge in [0.2, 0.25) is 0 Å². The zero-order chi connectivity index (χ0) is 45.2. The van der Waals surface area contributed by atoms with Crippen molar-refractivity contribution in [1.82, 2.24) is 19.6 Å². The molecule has 2 aliphatic heterocycles. The number of nitrogens with zero attached hydrogens (tertiary/aromatic N) is 4. The number of nitro groups is 1. The molecule has 18 heteroatoms. The van der Waals surface area contributed by atoms with Crippen LogP contribution in [-0.4, -0.2) is 86.6 Å². The number of ether oxygens (including phenoxy) is 2. The van der Waals surface area contributed by atoms with Crippen molar-refractivity contribution in [1.29, 1.82) is 0 Å². The van der Waals surface area contributed by atoms with E-state index in [0.717, 1.165) is 66.8 Å². The molecule has 0 bridgehead atoms. The van der Waals surface area contributed by atoms with Crippen LogP contribution in [-0.2, 0) is 20.9 Å². The van der Waals surface area contributed by atoms with Crippen LogP contribution >= 0.6 is 0 Å². The topological polar surface area (TPSA) is 172 Å². The first kappa shape index (κ1) is 44.6. The van der Waals surface area contributed by atoms with Gasteiger partial charge in [0, 0.05) is 70.1 Å². The molecule has 0 spiro atoms. The summed E-state index contributed by atoms with van der Waals surface area (Å²) in [6, 6.07) is 17.4. The van der Waals surface area contributed by atoms with Gasteiger partial charge < -0.3 is 24.7 Å². The number of aromatic nitrogens is 2. The maximum Gasteiger partial charge on any atom is 0.416 e. The predicted molar refractivity (Wildman–Crippen MR) is 237 cm³/mol. The first-order valence-corrected chi connectivity index (χ1v) is 22.8. The number of anilines is 2. The second-order valence-corrected chi connectivity index (χ2v) is 19.1. The molecular weight excluding hydrogens is 852 g/mol. The van der Waals surface area contributed by atoms with Gasteiger partial charge in [-0.2, -0.15) is 13.2 Å². The summed E-state index contributed by atoms with van der Waals surface area (Å²) in [4.78, 5) is 36.9. The van der Waals surface area contributed by atoms with E-state index in [1.54, 1.807) is 36.5 Å². The normalized spacial score (nSPS) is 17.7. The molecule has 3 aliphatic rings. The van der Waals surface area contributed by atoms with Crippen LogP contribution in [0.5, 0.6) is 11.5 Å². The van der Waals surface area contributed by atoms with Gasteiger partial charge in [-0.3, -0.25) is 19.8 Å². The number of allylic oxidation sites excluding steroid dienone is 1. The summed E-state index contributed by atoms with van der Waals surface area (Å²) in [5, 5.41) is 16.0. The van der Waals surface area contributed by atoms with Crippen molar-refractivity contribution in [2.24, 2.45) is 11.3 Å². The van der Waals surface area contributed by atoms with Gasteiger partial charge in [0.1, 0.15) is 17.1 Å². The summed E-state index contributed by atoms with van der Waals surface area (Å²) < 4.78 is 81.7. The first-order valence-electron chi connectivity index (χ1n) is 21.3. The van der Waals surface area contributed by atoms with Crippen LogP contribution < -0.4 is 19.7 Å². The maximum atomic E-state index is 14.1. The Morgan fingerprint density at radius 1 is 1.03 bits per heavy atom. The number of para-hydroxylation sites is 1. The van der Waals surface area contributed by atoms with Gasteiger partial charge in [0.15, 0.2) is 5.75 Å². The highest BCUT2D eigenvalue weighted by Crippen LogP contribution is 2.44. The van der Waals surface area contributed by atoms with Gasteiger partial charge in [-0.05, 0) is 103 Å². The van der Waals surface area contributed by atoms with Gasteiger partial charge >= 0.3 is 6.18 Å². The van der Waals surface area contributed by atoms with Gasteiger partial charge in [-0.1, -0.05) is 37.6 Å². The molecule has 2 aromatic heterocycles. The number of carbonyl (C=O) groups is 1. The van der Waals surface area contributed by atoms with Crippen LogP contribution in [0.2, 0.25) is 0 Å². The Morgan fingerprint density at radius 2 is 1.78 bits per heavy atom. The lowest BCUT2D eigenvalue weighted by Crippen LogP contribution is -2.47. The van der Waals surface area contributed by atoms with E-state index < -0.39 is 43.2 Å². The fourth-order valence-electron chi connectivity index (χ4n) is 8.66. The van der Waals surface area contributed by atoms with E-state index >= 15 is 0 Å². The monoisotopic (exact) mass is 901 g/mol. The van der Waals surface area contributed by atoms with Crippen molar-refractivity contribution in [3.63, 3.8) is 0 Å². The van der Waals surface area contributed by atoms with Gasteiger partial charge in [0.05, 0.1) is 32.8 Å². The molecule has 0 unspecified atom stereocenters. The highest BCUT2D eigenvalue weighted by Gasteiger charge is 2.33. The molecule has 64 heavy (non-hydrogen) atoms. The van der Waals surface area contributed by atoms with Crippen molar-refractivity contribution in [2.45, 2.75) is 57.0 Å². The number of alkyl halides is 3. The molecule has 14 nitrogen and oxygen atoms in total. The van der Waals surface area contributed by atoms with E-state index in [4.69, 9.17) is 9.47 Å². The minimum atomic E-state index is -4.62. The number of hydrogen-bond acceptors (Lipinski definition) is 11. The van der Waals surface area contributed by atoms with E-state index in [1.165, 1.54) is 30.0 Å². The van der Waals surface area contributed by atoms with Crippen LogP contribution in [0.4, 0.5) is 30.2 Å². The van der Waals surface area contributed by atoms with Crippen LogP contribution in [0.3, 0.4) is 0 Å². The highest BCUT2D eigenvalue weighted by atomic mass is 32.2. The number of benzene rings is 3. The molecule has 1 amide bonds. The molecule has 0 atom stereocenters. The Bertz CT molecular complexity index is 2670. The van der Waals surface area contributed by atoms with Gasteiger partial charge in [-0.25, -0.2) is 18.1 Å². The lowest BCUT2D eigenvalue weighted by atomic mass is 9.72.